The van der Waals surface area contributed by atoms with Gasteiger partial charge in [-0.15, -0.1) is 0 Å². The standard InChI is InChI=1S/C14H14O4/c1-4-9-17-14(16)11-7-5-6-8-12(11)18-13(15)10(2)3/h4-8H,1-2,9H2,3H3. The summed E-state index contributed by atoms with van der Waals surface area (Å²) < 4.78 is 9.93. The van der Waals surface area contributed by atoms with Crippen LogP contribution in [0.25, 0.3) is 0 Å². The Morgan fingerprint density at radius 3 is 2.61 bits per heavy atom. The molecule has 94 valence electrons. The Bertz CT molecular complexity index is 488. The molecule has 1 rings (SSSR count). The minimum absolute atomic E-state index is 0.0988. The molecule has 0 N–H and O–H groups in total. The van der Waals surface area contributed by atoms with Crippen molar-refractivity contribution in [3.8, 4) is 5.75 Å². The van der Waals surface area contributed by atoms with Crippen molar-refractivity contribution in [2.24, 2.45) is 0 Å². The van der Waals surface area contributed by atoms with Gasteiger partial charge in [0, 0.05) is 5.57 Å². The van der Waals surface area contributed by atoms with Crippen LogP contribution in [-0.2, 0) is 9.53 Å². The Morgan fingerprint density at radius 1 is 1.33 bits per heavy atom. The molecule has 0 radical (unpaired) electrons. The number of carbonyl (C=O) groups excluding carboxylic acids is 2. The maximum Gasteiger partial charge on any atom is 0.342 e. The minimum atomic E-state index is -0.584. The molecular formula is C14H14O4. The van der Waals surface area contributed by atoms with E-state index in [0.717, 1.165) is 0 Å². The van der Waals surface area contributed by atoms with Gasteiger partial charge in [0.05, 0.1) is 0 Å². The Hall–Kier alpha value is -2.36. The van der Waals surface area contributed by atoms with Gasteiger partial charge in [-0.3, -0.25) is 0 Å². The molecule has 0 aliphatic heterocycles. The number of esters is 2. The Balaban J connectivity index is 2.92. The zero-order valence-electron chi connectivity index (χ0n) is 10.1. The van der Waals surface area contributed by atoms with E-state index < -0.39 is 11.9 Å². The molecule has 0 aromatic heterocycles. The van der Waals surface area contributed by atoms with E-state index in [1.807, 2.05) is 0 Å². The summed E-state index contributed by atoms with van der Waals surface area (Å²) in [6.07, 6.45) is 1.46. The fourth-order valence-corrected chi connectivity index (χ4v) is 1.12. The van der Waals surface area contributed by atoms with Crippen molar-refractivity contribution >= 4 is 11.9 Å². The fraction of sp³-hybridized carbons (Fsp3) is 0.143. The lowest BCUT2D eigenvalue weighted by Crippen LogP contribution is -2.13. The summed E-state index contributed by atoms with van der Waals surface area (Å²) in [5.74, 6) is -1.00. The van der Waals surface area contributed by atoms with E-state index in [1.165, 1.54) is 25.1 Å². The Kier molecular flexibility index (Phi) is 4.87. The molecule has 0 saturated carbocycles. The molecule has 0 atom stereocenters. The van der Waals surface area contributed by atoms with Crippen LogP contribution in [0.5, 0.6) is 5.75 Å². The van der Waals surface area contributed by atoms with Gasteiger partial charge in [0.1, 0.15) is 17.9 Å². The molecule has 0 aliphatic rings. The van der Waals surface area contributed by atoms with Crippen molar-refractivity contribution in [1.29, 1.82) is 0 Å². The van der Waals surface area contributed by atoms with Gasteiger partial charge in [0.15, 0.2) is 0 Å². The maximum atomic E-state index is 11.7. The highest BCUT2D eigenvalue weighted by atomic mass is 16.5. The molecule has 0 spiro atoms. The molecule has 0 bridgehead atoms. The van der Waals surface area contributed by atoms with Gasteiger partial charge in [-0.05, 0) is 19.1 Å². The van der Waals surface area contributed by atoms with E-state index in [-0.39, 0.29) is 23.5 Å². The summed E-state index contributed by atoms with van der Waals surface area (Å²) in [5, 5.41) is 0. The number of hydrogen-bond acceptors (Lipinski definition) is 4. The first-order chi connectivity index (χ1) is 8.56. The predicted octanol–water partition coefficient (Wildman–Crippen LogP) is 2.51. The Labute approximate surface area is 106 Å². The van der Waals surface area contributed by atoms with Crippen LogP contribution in [0.3, 0.4) is 0 Å². The number of hydrogen-bond donors (Lipinski definition) is 0. The first kappa shape index (κ1) is 13.7. The molecule has 0 amide bonds. The highest BCUT2D eigenvalue weighted by Crippen LogP contribution is 2.19. The molecule has 1 aromatic rings. The number of ether oxygens (including phenoxy) is 2. The van der Waals surface area contributed by atoms with E-state index in [1.54, 1.807) is 12.1 Å². The van der Waals surface area contributed by atoms with Gasteiger partial charge in [-0.25, -0.2) is 9.59 Å². The van der Waals surface area contributed by atoms with Crippen LogP contribution in [0.1, 0.15) is 17.3 Å². The largest absolute Gasteiger partial charge is 0.458 e. The van der Waals surface area contributed by atoms with Gasteiger partial charge in [-0.1, -0.05) is 31.4 Å². The number of benzene rings is 1. The van der Waals surface area contributed by atoms with E-state index >= 15 is 0 Å². The summed E-state index contributed by atoms with van der Waals surface area (Å²) in [6, 6.07) is 6.35. The first-order valence-corrected chi connectivity index (χ1v) is 5.31. The smallest absolute Gasteiger partial charge is 0.342 e. The van der Waals surface area contributed by atoms with Crippen molar-refractivity contribution in [3.05, 3.63) is 54.6 Å². The molecule has 0 fully saturated rings. The second-order valence-corrected chi connectivity index (χ2v) is 3.55. The zero-order valence-corrected chi connectivity index (χ0v) is 10.1. The van der Waals surface area contributed by atoms with Crippen molar-refractivity contribution in [2.45, 2.75) is 6.92 Å². The van der Waals surface area contributed by atoms with Crippen LogP contribution in [0.4, 0.5) is 0 Å². The van der Waals surface area contributed by atoms with E-state index in [4.69, 9.17) is 9.47 Å². The quantitative estimate of drug-likeness (QED) is 0.346. The number of rotatable bonds is 5. The van der Waals surface area contributed by atoms with Crippen LogP contribution >= 0.6 is 0 Å². The van der Waals surface area contributed by atoms with E-state index in [2.05, 4.69) is 13.2 Å². The molecule has 4 heteroatoms. The molecular weight excluding hydrogens is 232 g/mol. The van der Waals surface area contributed by atoms with Crippen LogP contribution in [-0.4, -0.2) is 18.5 Å². The second-order valence-electron chi connectivity index (χ2n) is 3.55. The van der Waals surface area contributed by atoms with Crippen LogP contribution in [0.15, 0.2) is 49.1 Å². The summed E-state index contributed by atoms with van der Waals surface area (Å²) >= 11 is 0. The highest BCUT2D eigenvalue weighted by Gasteiger charge is 2.15. The molecule has 0 unspecified atom stereocenters. The van der Waals surface area contributed by atoms with Crippen LogP contribution in [0.2, 0.25) is 0 Å². The monoisotopic (exact) mass is 246 g/mol. The average molecular weight is 246 g/mol. The lowest BCUT2D eigenvalue weighted by atomic mass is 10.2. The first-order valence-electron chi connectivity index (χ1n) is 5.31. The van der Waals surface area contributed by atoms with Gasteiger partial charge in [-0.2, -0.15) is 0 Å². The van der Waals surface area contributed by atoms with Crippen molar-refractivity contribution in [2.75, 3.05) is 6.61 Å². The number of carbonyl (C=O) groups is 2. The van der Waals surface area contributed by atoms with E-state index in [9.17, 15) is 9.59 Å². The topological polar surface area (TPSA) is 52.6 Å². The lowest BCUT2D eigenvalue weighted by molar-refractivity contribution is -0.130. The predicted molar refractivity (Wildman–Crippen MR) is 67.4 cm³/mol. The normalized spacial score (nSPS) is 9.39. The summed E-state index contributed by atoms with van der Waals surface area (Å²) in [6.45, 7) is 8.55. The third-order valence-corrected chi connectivity index (χ3v) is 1.99. The third-order valence-electron chi connectivity index (χ3n) is 1.99. The van der Waals surface area contributed by atoms with Gasteiger partial charge in [0.2, 0.25) is 0 Å². The van der Waals surface area contributed by atoms with Crippen LogP contribution in [0, 0.1) is 0 Å². The molecule has 0 heterocycles. The molecule has 0 aliphatic carbocycles. The van der Waals surface area contributed by atoms with Gasteiger partial charge < -0.3 is 9.47 Å². The molecule has 0 saturated heterocycles. The lowest BCUT2D eigenvalue weighted by Gasteiger charge is -2.08. The highest BCUT2D eigenvalue weighted by molar-refractivity contribution is 5.95. The second kappa shape index (κ2) is 6.39. The third kappa shape index (κ3) is 3.59. The Morgan fingerprint density at radius 2 is 2.00 bits per heavy atom. The zero-order chi connectivity index (χ0) is 13.5. The fourth-order valence-electron chi connectivity index (χ4n) is 1.12. The molecule has 4 nitrogen and oxygen atoms in total. The maximum absolute atomic E-state index is 11.7. The van der Waals surface area contributed by atoms with E-state index in [0.29, 0.717) is 0 Å². The van der Waals surface area contributed by atoms with Crippen molar-refractivity contribution < 1.29 is 19.1 Å². The molecule has 18 heavy (non-hydrogen) atoms. The van der Waals surface area contributed by atoms with Gasteiger partial charge in [0.25, 0.3) is 0 Å². The summed E-state index contributed by atoms with van der Waals surface area (Å²) in [5.41, 5.74) is 0.443. The van der Waals surface area contributed by atoms with Crippen molar-refractivity contribution in [1.82, 2.24) is 0 Å². The van der Waals surface area contributed by atoms with Crippen LogP contribution < -0.4 is 4.74 Å². The average Bonchev–Trinajstić information content (AvgIpc) is 2.36. The summed E-state index contributed by atoms with van der Waals surface area (Å²) in [7, 11) is 0. The van der Waals surface area contributed by atoms with Crippen molar-refractivity contribution in [3.63, 3.8) is 0 Å². The number of para-hydroxylation sites is 1. The summed E-state index contributed by atoms with van der Waals surface area (Å²) in [4.78, 5) is 23.1. The van der Waals surface area contributed by atoms with Gasteiger partial charge >= 0.3 is 11.9 Å². The molecule has 1 aromatic carbocycles. The minimum Gasteiger partial charge on any atom is -0.458 e. The SMILES string of the molecule is C=CCOC(=O)c1ccccc1OC(=O)C(=C)C.